The highest BCUT2D eigenvalue weighted by atomic mass is 16.6. The van der Waals surface area contributed by atoms with Crippen molar-refractivity contribution in [2.45, 2.75) is 50.8 Å². The van der Waals surface area contributed by atoms with Gasteiger partial charge in [0.25, 0.3) is 0 Å². The molecule has 2 fully saturated rings. The lowest BCUT2D eigenvalue weighted by Gasteiger charge is -2.42. The molecule has 5 aromatic rings. The van der Waals surface area contributed by atoms with Crippen LogP contribution in [-0.4, -0.2) is 29.9 Å². The van der Waals surface area contributed by atoms with Crippen LogP contribution in [0.5, 0.6) is 0 Å². The van der Waals surface area contributed by atoms with Crippen molar-refractivity contribution < 1.29 is 9.63 Å². The second-order valence-electron chi connectivity index (χ2n) is 11.1. The van der Waals surface area contributed by atoms with Crippen LogP contribution in [0.1, 0.15) is 41.9 Å². The Morgan fingerprint density at radius 3 is 2.38 bits per heavy atom. The number of carbonyl (C=O) groups is 1. The fourth-order valence-electron chi connectivity index (χ4n) is 7.16. The molecule has 0 saturated carbocycles. The van der Waals surface area contributed by atoms with Crippen LogP contribution in [0.4, 0.5) is 0 Å². The predicted molar refractivity (Wildman–Crippen MR) is 150 cm³/mol. The number of piperidine rings is 1. The topological polar surface area (TPSA) is 41.6 Å². The number of carbonyl (C=O) groups excluding carboxylic acids is 1. The smallest absolute Gasteiger partial charge is 0.248 e. The first-order valence-corrected chi connectivity index (χ1v) is 13.4. The second-order valence-corrected chi connectivity index (χ2v) is 11.1. The summed E-state index contributed by atoms with van der Waals surface area (Å²) in [5.74, 6) is 0.0979. The summed E-state index contributed by atoms with van der Waals surface area (Å²) in [4.78, 5) is 22.0. The molecule has 1 amide bonds. The fraction of sp³-hybridized carbons (Fsp3) is 0.303. The molecule has 4 unspecified atom stereocenters. The number of fused-ring (bicyclic) bond motifs is 2. The first kappa shape index (κ1) is 22.7. The highest BCUT2D eigenvalue weighted by molar-refractivity contribution is 6.23. The van der Waals surface area contributed by atoms with E-state index in [0.29, 0.717) is 12.6 Å². The minimum atomic E-state index is -0.118. The molecule has 0 radical (unpaired) electrons. The zero-order valence-corrected chi connectivity index (χ0v) is 21.4. The predicted octanol–water partition coefficient (Wildman–Crippen LogP) is 6.71. The lowest BCUT2D eigenvalue weighted by molar-refractivity contribution is -0.143. The number of hydrogen-bond donors (Lipinski definition) is 1. The van der Waals surface area contributed by atoms with Gasteiger partial charge in [-0.3, -0.25) is 14.5 Å². The maximum absolute atomic E-state index is 13.6. The number of nitrogens with zero attached hydrogens (tertiary/aromatic N) is 1. The maximum atomic E-state index is 13.6. The van der Waals surface area contributed by atoms with E-state index in [4.69, 9.17) is 4.84 Å². The molecule has 186 valence electrons. The van der Waals surface area contributed by atoms with Crippen LogP contribution >= 0.6 is 0 Å². The van der Waals surface area contributed by atoms with Gasteiger partial charge in [-0.15, -0.1) is 0 Å². The van der Waals surface area contributed by atoms with Gasteiger partial charge in [0.15, 0.2) is 0 Å². The SMILES string of the molecule is Cc1ccc(C2CC3CCC(C2C(=O)NOCc2ccc4ccc5cccc6ccc2c4c56)N3C)cc1. The summed E-state index contributed by atoms with van der Waals surface area (Å²) in [5.41, 5.74) is 6.48. The second kappa shape index (κ2) is 8.83. The number of benzene rings is 5. The van der Waals surface area contributed by atoms with Gasteiger partial charge in [-0.05, 0) is 82.6 Å². The molecule has 2 bridgehead atoms. The van der Waals surface area contributed by atoms with Crippen molar-refractivity contribution >= 4 is 38.2 Å². The van der Waals surface area contributed by atoms with Crippen molar-refractivity contribution in [1.82, 2.24) is 10.4 Å². The van der Waals surface area contributed by atoms with E-state index in [9.17, 15) is 4.79 Å². The summed E-state index contributed by atoms with van der Waals surface area (Å²) in [6, 6.07) is 29.0. The van der Waals surface area contributed by atoms with Crippen molar-refractivity contribution in [3.8, 4) is 0 Å². The molecule has 2 heterocycles. The Hall–Kier alpha value is -3.47. The molecule has 2 saturated heterocycles. The number of hydroxylamine groups is 1. The Bertz CT molecular complexity index is 1590. The van der Waals surface area contributed by atoms with Crippen molar-refractivity contribution in [3.63, 3.8) is 0 Å². The van der Waals surface area contributed by atoms with E-state index in [2.05, 4.69) is 103 Å². The third-order valence-corrected chi connectivity index (χ3v) is 9.10. The summed E-state index contributed by atoms with van der Waals surface area (Å²) in [6.45, 7) is 2.45. The normalized spacial score (nSPS) is 23.8. The minimum Gasteiger partial charge on any atom is -0.300 e. The van der Waals surface area contributed by atoms with Crippen LogP contribution in [0.15, 0.2) is 78.9 Å². The average molecular weight is 489 g/mol. The Balaban J connectivity index is 1.14. The maximum Gasteiger partial charge on any atom is 0.248 e. The third kappa shape index (κ3) is 3.70. The summed E-state index contributed by atoms with van der Waals surface area (Å²) >= 11 is 0. The van der Waals surface area contributed by atoms with Crippen LogP contribution < -0.4 is 5.48 Å². The molecule has 7 rings (SSSR count). The van der Waals surface area contributed by atoms with Crippen LogP contribution in [-0.2, 0) is 16.2 Å². The average Bonchev–Trinajstić information content (AvgIpc) is 3.14. The van der Waals surface area contributed by atoms with Crippen molar-refractivity contribution in [2.75, 3.05) is 7.05 Å². The first-order valence-electron chi connectivity index (χ1n) is 13.4. The molecule has 4 nitrogen and oxygen atoms in total. The lowest BCUT2D eigenvalue weighted by Crippen LogP contribution is -2.51. The zero-order chi connectivity index (χ0) is 25.1. The van der Waals surface area contributed by atoms with Crippen LogP contribution in [0.3, 0.4) is 0 Å². The van der Waals surface area contributed by atoms with E-state index in [1.165, 1.54) is 43.4 Å². The van der Waals surface area contributed by atoms with Gasteiger partial charge < -0.3 is 0 Å². The summed E-state index contributed by atoms with van der Waals surface area (Å²) in [6.07, 6.45) is 3.25. The van der Waals surface area contributed by atoms with E-state index >= 15 is 0 Å². The largest absolute Gasteiger partial charge is 0.300 e. The Labute approximate surface area is 217 Å². The van der Waals surface area contributed by atoms with Crippen molar-refractivity contribution in [2.24, 2.45) is 5.92 Å². The van der Waals surface area contributed by atoms with Gasteiger partial charge in [-0.1, -0.05) is 84.4 Å². The molecule has 5 aromatic carbocycles. The Morgan fingerprint density at radius 1 is 0.892 bits per heavy atom. The lowest BCUT2D eigenvalue weighted by atomic mass is 9.75. The summed E-state index contributed by atoms with van der Waals surface area (Å²) in [7, 11) is 2.18. The zero-order valence-electron chi connectivity index (χ0n) is 21.4. The molecule has 4 atom stereocenters. The standard InChI is InChI=1S/C33H32N2O2/c1-20-6-8-21(9-7-20)28-18-26-15-17-29(35(26)2)32(28)33(36)34-37-19-25-13-12-24-11-10-22-4-3-5-23-14-16-27(25)31(24)30(22)23/h3-14,16,26,28-29,32H,15,17-19H2,1-2H3,(H,34,36). The fourth-order valence-corrected chi connectivity index (χ4v) is 7.16. The van der Waals surface area contributed by atoms with E-state index in [-0.39, 0.29) is 23.8 Å². The number of hydrogen-bond acceptors (Lipinski definition) is 3. The molecular weight excluding hydrogens is 456 g/mol. The van der Waals surface area contributed by atoms with Crippen LogP contribution in [0.25, 0.3) is 32.3 Å². The van der Waals surface area contributed by atoms with Gasteiger partial charge in [0, 0.05) is 12.1 Å². The van der Waals surface area contributed by atoms with Gasteiger partial charge in [0.1, 0.15) is 6.61 Å². The first-order chi connectivity index (χ1) is 18.1. The number of aryl methyl sites for hydroxylation is 1. The molecule has 0 spiro atoms. The Morgan fingerprint density at radius 2 is 1.59 bits per heavy atom. The van der Waals surface area contributed by atoms with Crippen molar-refractivity contribution in [3.05, 3.63) is 95.6 Å². The van der Waals surface area contributed by atoms with Gasteiger partial charge in [0.05, 0.1) is 5.92 Å². The molecule has 1 N–H and O–H groups in total. The molecule has 0 aliphatic carbocycles. The number of nitrogens with one attached hydrogen (secondary N) is 1. The molecule has 37 heavy (non-hydrogen) atoms. The molecule has 2 aliphatic rings. The highest BCUT2D eigenvalue weighted by Gasteiger charge is 2.49. The number of amides is 1. The molecule has 4 heteroatoms. The van der Waals surface area contributed by atoms with Gasteiger partial charge >= 0.3 is 0 Å². The molecule has 2 aliphatic heterocycles. The van der Waals surface area contributed by atoms with E-state index in [1.807, 2.05) is 0 Å². The van der Waals surface area contributed by atoms with E-state index < -0.39 is 0 Å². The number of rotatable bonds is 5. The quantitative estimate of drug-likeness (QED) is 0.221. The van der Waals surface area contributed by atoms with Gasteiger partial charge in [0.2, 0.25) is 5.91 Å². The molecular formula is C33H32N2O2. The summed E-state index contributed by atoms with van der Waals surface area (Å²) < 4.78 is 0. The monoisotopic (exact) mass is 488 g/mol. The van der Waals surface area contributed by atoms with Crippen LogP contribution in [0.2, 0.25) is 0 Å². The minimum absolute atomic E-state index is 0.000450. The van der Waals surface area contributed by atoms with E-state index in [1.54, 1.807) is 0 Å². The van der Waals surface area contributed by atoms with E-state index in [0.717, 1.165) is 24.8 Å². The Kier molecular flexibility index (Phi) is 5.42. The van der Waals surface area contributed by atoms with Gasteiger partial charge in [-0.2, -0.15) is 0 Å². The molecule has 0 aromatic heterocycles. The summed E-state index contributed by atoms with van der Waals surface area (Å²) in [5, 5.41) is 7.48. The highest BCUT2D eigenvalue weighted by Crippen LogP contribution is 2.46. The van der Waals surface area contributed by atoms with Crippen molar-refractivity contribution in [1.29, 1.82) is 0 Å². The van der Waals surface area contributed by atoms with Crippen LogP contribution in [0, 0.1) is 12.8 Å². The third-order valence-electron chi connectivity index (χ3n) is 9.10. The van der Waals surface area contributed by atoms with Gasteiger partial charge in [-0.25, -0.2) is 5.48 Å².